The topological polar surface area (TPSA) is 48.1 Å². The lowest BCUT2D eigenvalue weighted by Gasteiger charge is -2.07. The minimum Gasteiger partial charge on any atom is -0.487 e. The Morgan fingerprint density at radius 2 is 2.11 bits per heavy atom. The van der Waals surface area contributed by atoms with Gasteiger partial charge in [0.25, 0.3) is 0 Å². The molecule has 1 aromatic carbocycles. The fourth-order valence-corrected chi connectivity index (χ4v) is 1.75. The predicted molar refractivity (Wildman–Crippen MR) is 72.7 cm³/mol. The van der Waals surface area contributed by atoms with Crippen molar-refractivity contribution in [3.8, 4) is 5.75 Å². The second kappa shape index (κ2) is 6.50. The molecular weight excluding hydrogens is 267 g/mol. The first-order chi connectivity index (χ1) is 9.19. The lowest BCUT2D eigenvalue weighted by atomic mass is 10.2. The summed E-state index contributed by atoms with van der Waals surface area (Å²) in [6, 6.07) is 8.15. The quantitative estimate of drug-likeness (QED) is 0.916. The van der Waals surface area contributed by atoms with Crippen LogP contribution in [0.25, 0.3) is 0 Å². The summed E-state index contributed by atoms with van der Waals surface area (Å²) >= 11 is 5.68. The molecule has 2 aromatic rings. The van der Waals surface area contributed by atoms with Crippen LogP contribution in [0.5, 0.6) is 5.75 Å². The molecule has 0 saturated heterocycles. The molecule has 5 heteroatoms. The van der Waals surface area contributed by atoms with Crippen molar-refractivity contribution < 1.29 is 9.13 Å². The van der Waals surface area contributed by atoms with E-state index in [1.54, 1.807) is 24.4 Å². The molecule has 1 heterocycles. The number of nitrogens with two attached hydrogens (primary N) is 1. The van der Waals surface area contributed by atoms with Gasteiger partial charge in [-0.3, -0.25) is 4.98 Å². The second-order valence-corrected chi connectivity index (χ2v) is 4.48. The summed E-state index contributed by atoms with van der Waals surface area (Å²) < 4.78 is 19.0. The average molecular weight is 281 g/mol. The molecule has 0 atom stereocenters. The fourth-order valence-electron chi connectivity index (χ4n) is 1.59. The zero-order valence-electron chi connectivity index (χ0n) is 10.3. The van der Waals surface area contributed by atoms with Crippen molar-refractivity contribution in [2.75, 3.05) is 6.54 Å². The maximum atomic E-state index is 13.5. The first-order valence-electron chi connectivity index (χ1n) is 5.91. The lowest BCUT2D eigenvalue weighted by molar-refractivity contribution is 0.298. The van der Waals surface area contributed by atoms with E-state index in [2.05, 4.69) is 4.98 Å². The highest BCUT2D eigenvalue weighted by atomic mass is 35.5. The number of rotatable bonds is 5. The summed E-state index contributed by atoms with van der Waals surface area (Å²) in [5.41, 5.74) is 6.80. The third kappa shape index (κ3) is 3.91. The summed E-state index contributed by atoms with van der Waals surface area (Å²) in [6.45, 7) is 0.699. The molecule has 0 aliphatic carbocycles. The summed E-state index contributed by atoms with van der Waals surface area (Å²) in [5.74, 6) is 0.218. The first-order valence-corrected chi connectivity index (χ1v) is 6.28. The van der Waals surface area contributed by atoms with E-state index in [0.717, 1.165) is 12.1 Å². The summed E-state index contributed by atoms with van der Waals surface area (Å²) in [4.78, 5) is 4.20. The van der Waals surface area contributed by atoms with Crippen molar-refractivity contribution in [1.29, 1.82) is 0 Å². The lowest BCUT2D eigenvalue weighted by Crippen LogP contribution is -2.04. The van der Waals surface area contributed by atoms with Gasteiger partial charge in [0.05, 0.1) is 6.20 Å². The number of ether oxygens (including phenoxy) is 1. The number of nitrogens with zero attached hydrogens (tertiary/aromatic N) is 1. The van der Waals surface area contributed by atoms with Crippen LogP contribution in [0.3, 0.4) is 0 Å². The van der Waals surface area contributed by atoms with E-state index in [1.807, 2.05) is 6.07 Å². The number of pyridine rings is 1. The minimum atomic E-state index is -0.375. The highest BCUT2D eigenvalue weighted by Gasteiger charge is 2.04. The monoisotopic (exact) mass is 280 g/mol. The van der Waals surface area contributed by atoms with E-state index in [1.165, 1.54) is 6.07 Å². The Kier molecular flexibility index (Phi) is 4.71. The van der Waals surface area contributed by atoms with Crippen LogP contribution in [0.4, 0.5) is 4.39 Å². The number of halogens is 2. The van der Waals surface area contributed by atoms with Crippen LogP contribution < -0.4 is 10.5 Å². The Balaban J connectivity index is 1.98. The highest BCUT2D eigenvalue weighted by molar-refractivity contribution is 6.30. The van der Waals surface area contributed by atoms with E-state index in [-0.39, 0.29) is 12.4 Å². The Morgan fingerprint density at radius 3 is 2.74 bits per heavy atom. The van der Waals surface area contributed by atoms with Crippen molar-refractivity contribution in [3.05, 3.63) is 58.6 Å². The van der Waals surface area contributed by atoms with E-state index in [9.17, 15) is 4.39 Å². The van der Waals surface area contributed by atoms with E-state index < -0.39 is 0 Å². The van der Waals surface area contributed by atoms with Gasteiger partial charge in [-0.1, -0.05) is 17.7 Å². The largest absolute Gasteiger partial charge is 0.487 e. The molecule has 0 radical (unpaired) electrons. The third-order valence-corrected chi connectivity index (χ3v) is 2.84. The normalized spacial score (nSPS) is 10.5. The van der Waals surface area contributed by atoms with Crippen molar-refractivity contribution in [1.82, 2.24) is 4.98 Å². The number of hydrogen-bond acceptors (Lipinski definition) is 3. The zero-order chi connectivity index (χ0) is 13.7. The average Bonchev–Trinajstić information content (AvgIpc) is 2.40. The van der Waals surface area contributed by atoms with Gasteiger partial charge in [0, 0.05) is 22.7 Å². The van der Waals surface area contributed by atoms with Crippen LogP contribution in [-0.4, -0.2) is 11.5 Å². The molecule has 0 aliphatic rings. The highest BCUT2D eigenvalue weighted by Crippen LogP contribution is 2.17. The van der Waals surface area contributed by atoms with Crippen molar-refractivity contribution in [3.63, 3.8) is 0 Å². The smallest absolute Gasteiger partial charge is 0.138 e. The zero-order valence-corrected chi connectivity index (χ0v) is 11.0. The van der Waals surface area contributed by atoms with Gasteiger partial charge in [-0.15, -0.1) is 0 Å². The minimum absolute atomic E-state index is 0.140. The van der Waals surface area contributed by atoms with Gasteiger partial charge in [-0.25, -0.2) is 4.39 Å². The van der Waals surface area contributed by atoms with Gasteiger partial charge in [0.15, 0.2) is 0 Å². The Hall–Kier alpha value is -1.65. The van der Waals surface area contributed by atoms with Gasteiger partial charge < -0.3 is 10.5 Å². The molecule has 0 spiro atoms. The van der Waals surface area contributed by atoms with Crippen LogP contribution in [0.2, 0.25) is 5.02 Å². The first kappa shape index (κ1) is 13.8. The molecule has 2 N–H and O–H groups in total. The molecule has 3 nitrogen and oxygen atoms in total. The molecule has 0 amide bonds. The molecule has 0 bridgehead atoms. The van der Waals surface area contributed by atoms with Gasteiger partial charge in [0.2, 0.25) is 0 Å². The predicted octanol–water partition coefficient (Wildman–Crippen LogP) is 2.95. The van der Waals surface area contributed by atoms with Crippen LogP contribution in [0.1, 0.15) is 11.3 Å². The Morgan fingerprint density at radius 1 is 1.26 bits per heavy atom. The van der Waals surface area contributed by atoms with Gasteiger partial charge in [-0.2, -0.15) is 0 Å². The molecular formula is C14H14ClFN2O. The Labute approximate surface area is 116 Å². The van der Waals surface area contributed by atoms with Gasteiger partial charge in [0.1, 0.15) is 18.2 Å². The summed E-state index contributed by atoms with van der Waals surface area (Å²) in [7, 11) is 0. The van der Waals surface area contributed by atoms with Crippen LogP contribution >= 0.6 is 11.6 Å². The van der Waals surface area contributed by atoms with Crippen molar-refractivity contribution in [2.24, 2.45) is 5.73 Å². The van der Waals surface area contributed by atoms with Crippen LogP contribution in [0.15, 0.2) is 36.5 Å². The van der Waals surface area contributed by atoms with E-state index >= 15 is 0 Å². The van der Waals surface area contributed by atoms with Crippen molar-refractivity contribution in [2.45, 2.75) is 13.0 Å². The molecule has 0 fully saturated rings. The SMILES string of the molecule is NCCc1ccc(OCc2ccc(Cl)cc2F)cn1. The molecule has 2 rings (SSSR count). The molecule has 0 unspecified atom stereocenters. The number of aromatic nitrogens is 1. The second-order valence-electron chi connectivity index (χ2n) is 4.05. The molecule has 1 aromatic heterocycles. The van der Waals surface area contributed by atoms with Crippen LogP contribution in [0, 0.1) is 5.82 Å². The summed E-state index contributed by atoms with van der Waals surface area (Å²) in [5, 5.41) is 0.369. The maximum absolute atomic E-state index is 13.5. The standard InChI is InChI=1S/C14H14ClFN2O/c15-11-2-1-10(14(16)7-11)9-19-13-4-3-12(5-6-17)18-8-13/h1-4,7-8H,5-6,9,17H2. The van der Waals surface area contributed by atoms with Crippen molar-refractivity contribution >= 4 is 11.6 Å². The molecule has 0 saturated carbocycles. The molecule has 19 heavy (non-hydrogen) atoms. The molecule has 0 aliphatic heterocycles. The summed E-state index contributed by atoms with van der Waals surface area (Å²) in [6.07, 6.45) is 2.34. The van der Waals surface area contributed by atoms with Gasteiger partial charge in [-0.05, 0) is 30.8 Å². The maximum Gasteiger partial charge on any atom is 0.138 e. The van der Waals surface area contributed by atoms with E-state index in [0.29, 0.717) is 22.9 Å². The van der Waals surface area contributed by atoms with Gasteiger partial charge >= 0.3 is 0 Å². The Bertz CT molecular complexity index is 546. The van der Waals surface area contributed by atoms with Crippen LogP contribution in [-0.2, 0) is 13.0 Å². The molecule has 100 valence electrons. The fraction of sp³-hybridized carbons (Fsp3) is 0.214. The third-order valence-electron chi connectivity index (χ3n) is 2.61. The number of hydrogen-bond donors (Lipinski definition) is 1. The number of benzene rings is 1. The van der Waals surface area contributed by atoms with E-state index in [4.69, 9.17) is 22.1 Å².